The number of rotatable bonds is 6. The Hall–Kier alpha value is -0.0800. The van der Waals surface area contributed by atoms with Crippen molar-refractivity contribution in [2.75, 3.05) is 32.8 Å². The summed E-state index contributed by atoms with van der Waals surface area (Å²) < 4.78 is 5.42. The van der Waals surface area contributed by atoms with Crippen molar-refractivity contribution < 1.29 is 4.74 Å². The lowest BCUT2D eigenvalue weighted by Gasteiger charge is -2.32. The lowest BCUT2D eigenvalue weighted by atomic mass is 9.92. The van der Waals surface area contributed by atoms with E-state index in [1.807, 2.05) is 0 Å². The molecule has 1 radical (unpaired) electrons. The summed E-state index contributed by atoms with van der Waals surface area (Å²) in [6.07, 6.45) is 9.31. The molecule has 0 bridgehead atoms. The van der Waals surface area contributed by atoms with Gasteiger partial charge in [-0.25, -0.2) is 0 Å². The fourth-order valence-electron chi connectivity index (χ4n) is 3.20. The molecule has 17 heavy (non-hydrogen) atoms. The Morgan fingerprint density at radius 3 is 2.53 bits per heavy atom. The normalized spacial score (nSPS) is 27.7. The van der Waals surface area contributed by atoms with Crippen LogP contribution >= 0.6 is 0 Å². The molecule has 2 nitrogen and oxygen atoms in total. The first-order chi connectivity index (χ1) is 8.38. The highest BCUT2D eigenvalue weighted by molar-refractivity contribution is 4.73. The Morgan fingerprint density at radius 2 is 1.88 bits per heavy atom. The molecule has 2 fully saturated rings. The predicted molar refractivity (Wildman–Crippen MR) is 71.9 cm³/mol. The minimum atomic E-state index is 0.860. The van der Waals surface area contributed by atoms with Gasteiger partial charge in [0.05, 0.1) is 0 Å². The summed E-state index contributed by atoms with van der Waals surface area (Å²) in [6, 6.07) is 0. The van der Waals surface area contributed by atoms with Gasteiger partial charge in [-0.05, 0) is 63.6 Å². The highest BCUT2D eigenvalue weighted by Gasteiger charge is 2.19. The topological polar surface area (TPSA) is 12.5 Å². The molecule has 0 aromatic heterocycles. The second-order valence-electron chi connectivity index (χ2n) is 5.80. The van der Waals surface area contributed by atoms with Gasteiger partial charge in [-0.15, -0.1) is 0 Å². The van der Waals surface area contributed by atoms with Gasteiger partial charge in [0, 0.05) is 13.2 Å². The molecule has 99 valence electrons. The van der Waals surface area contributed by atoms with Crippen molar-refractivity contribution in [3.05, 3.63) is 6.92 Å². The summed E-state index contributed by atoms with van der Waals surface area (Å²) in [5.74, 6) is 1.82. The van der Waals surface area contributed by atoms with E-state index >= 15 is 0 Å². The van der Waals surface area contributed by atoms with Gasteiger partial charge in [-0.2, -0.15) is 0 Å². The van der Waals surface area contributed by atoms with Gasteiger partial charge in [0.1, 0.15) is 0 Å². The summed E-state index contributed by atoms with van der Waals surface area (Å²) in [5.41, 5.74) is 0. The molecule has 0 N–H and O–H groups in total. The third kappa shape index (κ3) is 4.59. The number of hydrogen-bond acceptors (Lipinski definition) is 2. The van der Waals surface area contributed by atoms with Crippen LogP contribution in [0, 0.1) is 18.8 Å². The Morgan fingerprint density at radius 1 is 1.06 bits per heavy atom. The first-order valence-corrected chi connectivity index (χ1v) is 7.48. The maximum Gasteiger partial charge on any atom is 0.0495 e. The Balaban J connectivity index is 1.52. The van der Waals surface area contributed by atoms with Crippen molar-refractivity contribution in [2.24, 2.45) is 11.8 Å². The zero-order valence-corrected chi connectivity index (χ0v) is 11.2. The van der Waals surface area contributed by atoms with Crippen molar-refractivity contribution in [1.82, 2.24) is 4.90 Å². The van der Waals surface area contributed by atoms with Crippen LogP contribution in [0.4, 0.5) is 0 Å². The van der Waals surface area contributed by atoms with Gasteiger partial charge in [0.15, 0.2) is 0 Å². The van der Waals surface area contributed by atoms with Gasteiger partial charge in [-0.1, -0.05) is 19.8 Å². The Kier molecular flexibility index (Phi) is 5.79. The van der Waals surface area contributed by atoms with E-state index in [2.05, 4.69) is 11.8 Å². The van der Waals surface area contributed by atoms with E-state index in [1.165, 1.54) is 58.2 Å². The van der Waals surface area contributed by atoms with Gasteiger partial charge in [0.25, 0.3) is 0 Å². The predicted octanol–water partition coefficient (Wildman–Crippen LogP) is 3.13. The minimum Gasteiger partial charge on any atom is -0.381 e. The highest BCUT2D eigenvalue weighted by atomic mass is 16.5. The number of nitrogens with zero attached hydrogens (tertiary/aromatic N) is 1. The molecule has 2 aliphatic rings. The molecule has 0 aromatic carbocycles. The first-order valence-electron chi connectivity index (χ1n) is 7.48. The number of ether oxygens (including phenoxy) is 1. The van der Waals surface area contributed by atoms with Crippen molar-refractivity contribution in [2.45, 2.75) is 44.9 Å². The fraction of sp³-hybridized carbons (Fsp3) is 0.933. The van der Waals surface area contributed by atoms with Gasteiger partial charge < -0.3 is 9.64 Å². The maximum atomic E-state index is 5.42. The molecule has 2 saturated heterocycles. The smallest absolute Gasteiger partial charge is 0.0495 e. The van der Waals surface area contributed by atoms with Crippen LogP contribution in [0.1, 0.15) is 44.9 Å². The fourth-order valence-corrected chi connectivity index (χ4v) is 3.20. The molecule has 2 rings (SSSR count). The maximum absolute atomic E-state index is 5.42. The zero-order chi connectivity index (χ0) is 11.9. The standard InChI is InChI=1S/C15H28NO/c1-2-4-14-6-10-16(11-7-14)9-3-5-15-8-12-17-13-15/h14-15H,1-13H2. The second-order valence-corrected chi connectivity index (χ2v) is 5.80. The molecule has 1 unspecified atom stereocenters. The second kappa shape index (κ2) is 7.38. The van der Waals surface area contributed by atoms with Crippen LogP contribution in [0.5, 0.6) is 0 Å². The molecule has 1 atom stereocenters. The average molecular weight is 238 g/mol. The number of likely N-dealkylation sites (tertiary alicyclic amines) is 1. The van der Waals surface area contributed by atoms with Gasteiger partial charge in [0.2, 0.25) is 0 Å². The molecule has 2 heteroatoms. The van der Waals surface area contributed by atoms with Crippen molar-refractivity contribution in [1.29, 1.82) is 0 Å². The molecule has 0 aromatic rings. The summed E-state index contributed by atoms with van der Waals surface area (Å²) in [6.45, 7) is 9.95. The van der Waals surface area contributed by atoms with Crippen LogP contribution in [-0.2, 0) is 4.74 Å². The van der Waals surface area contributed by atoms with Gasteiger partial charge in [-0.3, -0.25) is 0 Å². The molecule has 0 amide bonds. The quantitative estimate of drug-likeness (QED) is 0.705. The Labute approximate surface area is 107 Å². The monoisotopic (exact) mass is 238 g/mol. The van der Waals surface area contributed by atoms with E-state index in [1.54, 1.807) is 0 Å². The van der Waals surface area contributed by atoms with E-state index in [0.717, 1.165) is 31.5 Å². The van der Waals surface area contributed by atoms with Crippen molar-refractivity contribution in [3.8, 4) is 0 Å². The Bertz CT molecular complexity index is 193. The highest BCUT2D eigenvalue weighted by Crippen LogP contribution is 2.23. The third-order valence-corrected chi connectivity index (χ3v) is 4.43. The summed E-state index contributed by atoms with van der Waals surface area (Å²) in [5, 5.41) is 0. The number of piperidine rings is 1. The summed E-state index contributed by atoms with van der Waals surface area (Å²) in [7, 11) is 0. The van der Waals surface area contributed by atoms with E-state index in [9.17, 15) is 0 Å². The zero-order valence-electron chi connectivity index (χ0n) is 11.2. The molecule has 2 heterocycles. The van der Waals surface area contributed by atoms with Crippen LogP contribution in [0.2, 0.25) is 0 Å². The van der Waals surface area contributed by atoms with E-state index in [0.29, 0.717) is 0 Å². The first kappa shape index (κ1) is 13.4. The molecule has 2 aliphatic heterocycles. The van der Waals surface area contributed by atoms with Crippen molar-refractivity contribution >= 4 is 0 Å². The van der Waals surface area contributed by atoms with E-state index in [-0.39, 0.29) is 0 Å². The molecular weight excluding hydrogens is 210 g/mol. The molecule has 0 aliphatic carbocycles. The van der Waals surface area contributed by atoms with Gasteiger partial charge >= 0.3 is 0 Å². The van der Waals surface area contributed by atoms with Crippen LogP contribution in [0.25, 0.3) is 0 Å². The lowest BCUT2D eigenvalue weighted by Crippen LogP contribution is -2.34. The largest absolute Gasteiger partial charge is 0.381 e. The summed E-state index contributed by atoms with van der Waals surface area (Å²) in [4.78, 5) is 2.66. The molecular formula is C15H28NO. The van der Waals surface area contributed by atoms with Crippen LogP contribution in [0.3, 0.4) is 0 Å². The molecule has 0 spiro atoms. The van der Waals surface area contributed by atoms with E-state index < -0.39 is 0 Å². The number of hydrogen-bond donors (Lipinski definition) is 0. The van der Waals surface area contributed by atoms with Crippen molar-refractivity contribution in [3.63, 3.8) is 0 Å². The van der Waals surface area contributed by atoms with E-state index in [4.69, 9.17) is 4.74 Å². The van der Waals surface area contributed by atoms with Crippen LogP contribution < -0.4 is 0 Å². The average Bonchev–Trinajstić information content (AvgIpc) is 2.85. The molecule has 0 saturated carbocycles. The summed E-state index contributed by atoms with van der Waals surface area (Å²) >= 11 is 0. The lowest BCUT2D eigenvalue weighted by molar-refractivity contribution is 0.167. The van der Waals surface area contributed by atoms with Crippen LogP contribution in [-0.4, -0.2) is 37.7 Å². The minimum absolute atomic E-state index is 0.860. The van der Waals surface area contributed by atoms with Crippen LogP contribution in [0.15, 0.2) is 0 Å². The third-order valence-electron chi connectivity index (χ3n) is 4.43. The SMILES string of the molecule is [CH2]CCC1CCN(CCCC2CCOC2)CC1.